The lowest BCUT2D eigenvalue weighted by atomic mass is 10.0. The Morgan fingerprint density at radius 3 is 2.16 bits per heavy atom. The van der Waals surface area contributed by atoms with Crippen LogP contribution in [0.15, 0.2) is 65.6 Å². The summed E-state index contributed by atoms with van der Waals surface area (Å²) in [6.45, 7) is 7.84. The molecule has 4 N–H and O–H groups in total. The third-order valence-corrected chi connectivity index (χ3v) is 7.63. The van der Waals surface area contributed by atoms with E-state index >= 15 is 0 Å². The van der Waals surface area contributed by atoms with E-state index < -0.39 is 22.0 Å². The van der Waals surface area contributed by atoms with Gasteiger partial charge < -0.3 is 15.7 Å². The molecule has 0 saturated carbocycles. The lowest BCUT2D eigenvalue weighted by Crippen LogP contribution is -2.42. The second-order valence-electron chi connectivity index (χ2n) is 9.10. The average Bonchev–Trinajstić information content (AvgIpc) is 2.82. The van der Waals surface area contributed by atoms with E-state index in [1.165, 1.54) is 0 Å². The molecule has 196 valence electrons. The van der Waals surface area contributed by atoms with Gasteiger partial charge in [-0.25, -0.2) is 13.2 Å². The second kappa shape index (κ2) is 12.0. The Hall–Kier alpha value is -3.69. The van der Waals surface area contributed by atoms with Gasteiger partial charge in [0.25, 0.3) is 0 Å². The molecule has 3 aromatic carbocycles. The minimum atomic E-state index is -4.05. The van der Waals surface area contributed by atoms with Gasteiger partial charge in [-0.3, -0.25) is 4.79 Å². The van der Waals surface area contributed by atoms with Crippen LogP contribution in [0.5, 0.6) is 0 Å². The predicted molar refractivity (Wildman–Crippen MR) is 145 cm³/mol. The summed E-state index contributed by atoms with van der Waals surface area (Å²) in [5.41, 5.74) is 5.14. The summed E-state index contributed by atoms with van der Waals surface area (Å²) in [4.78, 5) is 24.0. The highest BCUT2D eigenvalue weighted by Crippen LogP contribution is 2.25. The van der Waals surface area contributed by atoms with Crippen molar-refractivity contribution in [2.24, 2.45) is 0 Å². The summed E-state index contributed by atoms with van der Waals surface area (Å²) >= 11 is 0. The van der Waals surface area contributed by atoms with Crippen LogP contribution >= 0.6 is 0 Å². The number of rotatable bonds is 10. The Balaban J connectivity index is 1.75. The maximum Gasteiger partial charge on any atom is 0.322 e. The molecule has 37 heavy (non-hydrogen) atoms. The number of hydrogen-bond acceptors (Lipinski definition) is 4. The smallest absolute Gasteiger partial charge is 0.322 e. The summed E-state index contributed by atoms with van der Waals surface area (Å²) in [6, 6.07) is 16.5. The average molecular weight is 524 g/mol. The van der Waals surface area contributed by atoms with Crippen LogP contribution in [-0.2, 0) is 21.2 Å². The molecular weight excluding hydrogens is 490 g/mol. The van der Waals surface area contributed by atoms with Crippen molar-refractivity contribution in [3.63, 3.8) is 0 Å². The minimum Gasteiger partial charge on any atom is -0.480 e. The third-order valence-electron chi connectivity index (χ3n) is 5.85. The molecule has 0 fully saturated rings. The zero-order chi connectivity index (χ0) is 27.2. The number of hydrogen-bond donors (Lipinski definition) is 4. The first-order valence-corrected chi connectivity index (χ1v) is 13.6. The van der Waals surface area contributed by atoms with Crippen molar-refractivity contribution in [2.75, 3.05) is 11.9 Å². The molecule has 0 aromatic heterocycles. The lowest BCUT2D eigenvalue weighted by Gasteiger charge is -2.18. The summed E-state index contributed by atoms with van der Waals surface area (Å²) < 4.78 is 28.5. The van der Waals surface area contributed by atoms with Gasteiger partial charge >= 0.3 is 12.0 Å². The van der Waals surface area contributed by atoms with Crippen LogP contribution in [0.25, 0.3) is 11.1 Å². The number of sulfonamides is 1. The van der Waals surface area contributed by atoms with Gasteiger partial charge in [-0.05, 0) is 73.6 Å². The number of aryl methyl sites for hydroxylation is 3. The summed E-state index contributed by atoms with van der Waals surface area (Å²) in [5, 5.41) is 15.3. The van der Waals surface area contributed by atoms with E-state index in [1.54, 1.807) is 44.2 Å². The molecule has 3 aromatic rings. The van der Waals surface area contributed by atoms with E-state index in [-0.39, 0.29) is 17.3 Å². The predicted octanol–water partition coefficient (Wildman–Crippen LogP) is 4.78. The van der Waals surface area contributed by atoms with Crippen molar-refractivity contribution in [1.82, 2.24) is 10.0 Å². The highest BCUT2D eigenvalue weighted by atomic mass is 32.2. The van der Waals surface area contributed by atoms with Gasteiger partial charge in [-0.2, -0.15) is 4.72 Å². The first-order valence-electron chi connectivity index (χ1n) is 12.1. The minimum absolute atomic E-state index is 0.0159. The maximum atomic E-state index is 13.1. The number of anilines is 1. The zero-order valence-electron chi connectivity index (χ0n) is 21.5. The largest absolute Gasteiger partial charge is 0.480 e. The molecule has 8 nitrogen and oxygen atoms in total. The van der Waals surface area contributed by atoms with Gasteiger partial charge in [0.2, 0.25) is 10.0 Å². The summed E-state index contributed by atoms with van der Waals surface area (Å²) in [6.07, 6.45) is 0.827. The molecular formula is C28H33N3O5S. The van der Waals surface area contributed by atoms with E-state index in [1.807, 2.05) is 44.2 Å². The van der Waals surface area contributed by atoms with Crippen LogP contribution < -0.4 is 15.4 Å². The van der Waals surface area contributed by atoms with Gasteiger partial charge in [0, 0.05) is 12.2 Å². The monoisotopic (exact) mass is 523 g/mol. The van der Waals surface area contributed by atoms with E-state index in [9.17, 15) is 23.1 Å². The van der Waals surface area contributed by atoms with Crippen LogP contribution in [0.4, 0.5) is 10.5 Å². The van der Waals surface area contributed by atoms with E-state index in [2.05, 4.69) is 15.4 Å². The number of carbonyl (C=O) groups is 2. The van der Waals surface area contributed by atoms with Crippen molar-refractivity contribution in [3.8, 4) is 11.1 Å². The summed E-state index contributed by atoms with van der Waals surface area (Å²) in [7, 11) is -4.05. The molecule has 1 atom stereocenters. The van der Waals surface area contributed by atoms with Crippen LogP contribution in [0.1, 0.15) is 35.6 Å². The quantitative estimate of drug-likeness (QED) is 0.304. The van der Waals surface area contributed by atoms with Crippen LogP contribution in [0.3, 0.4) is 0 Å². The number of carboxylic acid groups (broad SMARTS) is 1. The highest BCUT2D eigenvalue weighted by molar-refractivity contribution is 7.89. The van der Waals surface area contributed by atoms with Crippen molar-refractivity contribution < 1.29 is 23.1 Å². The molecule has 0 aliphatic carbocycles. The fraction of sp³-hybridized carbons (Fsp3) is 0.286. The lowest BCUT2D eigenvalue weighted by molar-refractivity contribution is -0.138. The number of aliphatic carboxylic acids is 1. The highest BCUT2D eigenvalue weighted by Gasteiger charge is 2.28. The summed E-state index contributed by atoms with van der Waals surface area (Å²) in [5.74, 6) is -1.25. The third kappa shape index (κ3) is 7.41. The van der Waals surface area contributed by atoms with Crippen LogP contribution in [0.2, 0.25) is 0 Å². The van der Waals surface area contributed by atoms with Gasteiger partial charge in [-0.15, -0.1) is 0 Å². The van der Waals surface area contributed by atoms with Gasteiger partial charge in [0.05, 0.1) is 4.90 Å². The Morgan fingerprint density at radius 2 is 1.57 bits per heavy atom. The molecule has 2 amide bonds. The fourth-order valence-electron chi connectivity index (χ4n) is 4.28. The molecule has 0 aliphatic heterocycles. The number of carboxylic acids is 1. The standard InChI is InChI=1S/C28H33N3O5S/c1-5-13-29-28(34)30-24-8-6-7-23(17-24)22-11-9-21(10-12-22)16-25(27(32)33)31-37(35,36)26-19(3)14-18(2)15-20(26)4/h6-12,14-15,17,25,31H,5,13,16H2,1-4H3,(H,32,33)(H2,29,30,34)/t25-/m0/s1. The maximum absolute atomic E-state index is 13.1. The molecule has 9 heteroatoms. The first kappa shape index (κ1) is 27.9. The Bertz CT molecular complexity index is 1360. The second-order valence-corrected chi connectivity index (χ2v) is 10.8. The van der Waals surface area contributed by atoms with Crippen LogP contribution in [0, 0.1) is 20.8 Å². The van der Waals surface area contributed by atoms with Crippen molar-refractivity contribution in [3.05, 3.63) is 82.9 Å². The molecule has 0 heterocycles. The van der Waals surface area contributed by atoms with Crippen LogP contribution in [-0.4, -0.2) is 38.1 Å². The fourth-order valence-corrected chi connectivity index (χ4v) is 5.92. The van der Waals surface area contributed by atoms with E-state index in [0.717, 1.165) is 23.1 Å². The topological polar surface area (TPSA) is 125 Å². The molecule has 0 radical (unpaired) electrons. The molecule has 3 rings (SSSR count). The Morgan fingerprint density at radius 1 is 0.919 bits per heavy atom. The first-order chi connectivity index (χ1) is 17.5. The number of urea groups is 1. The Kier molecular flexibility index (Phi) is 9.07. The van der Waals surface area contributed by atoms with Crippen molar-refractivity contribution >= 4 is 27.7 Å². The number of amides is 2. The molecule has 0 spiro atoms. The zero-order valence-corrected chi connectivity index (χ0v) is 22.3. The number of carbonyl (C=O) groups excluding carboxylic acids is 1. The molecule has 0 aliphatic rings. The normalized spacial score (nSPS) is 12.1. The van der Waals surface area contributed by atoms with Gasteiger partial charge in [0.1, 0.15) is 6.04 Å². The van der Waals surface area contributed by atoms with E-state index in [0.29, 0.717) is 28.9 Å². The Labute approximate surface area is 218 Å². The molecule has 0 bridgehead atoms. The molecule has 0 saturated heterocycles. The van der Waals surface area contributed by atoms with E-state index in [4.69, 9.17) is 0 Å². The number of nitrogens with one attached hydrogen (secondary N) is 3. The number of benzene rings is 3. The SMILES string of the molecule is CCCNC(=O)Nc1cccc(-c2ccc(C[C@H](NS(=O)(=O)c3c(C)cc(C)cc3C)C(=O)O)cc2)c1. The van der Waals surface area contributed by atoms with Gasteiger partial charge in [0.15, 0.2) is 0 Å². The van der Waals surface area contributed by atoms with Gasteiger partial charge in [-0.1, -0.05) is 61.0 Å². The van der Waals surface area contributed by atoms with Crippen molar-refractivity contribution in [2.45, 2.75) is 51.5 Å². The van der Waals surface area contributed by atoms with Crippen molar-refractivity contribution in [1.29, 1.82) is 0 Å². The molecule has 0 unspecified atom stereocenters.